The zero-order valence-electron chi connectivity index (χ0n) is 7.31. The Bertz CT molecular complexity index is 157. The van der Waals surface area contributed by atoms with E-state index < -0.39 is 0 Å². The van der Waals surface area contributed by atoms with E-state index in [1.54, 1.807) is 51.4 Å². The monoisotopic (exact) mass is 150 g/mol. The third kappa shape index (κ3) is 0.816. The van der Waals surface area contributed by atoms with Gasteiger partial charge in [-0.25, -0.2) is 0 Å². The highest BCUT2D eigenvalue weighted by Crippen LogP contribution is 2.59. The van der Waals surface area contributed by atoms with E-state index in [2.05, 4.69) is 0 Å². The maximum Gasteiger partial charge on any atom is -0.0295 e. The van der Waals surface area contributed by atoms with Gasteiger partial charge in [-0.2, -0.15) is 0 Å². The van der Waals surface area contributed by atoms with Crippen molar-refractivity contribution in [1.29, 1.82) is 0 Å². The normalized spacial score (nSPS) is 54.5. The Kier molecular flexibility index (Phi) is 1.20. The number of hydrogen-bond donors (Lipinski definition) is 0. The van der Waals surface area contributed by atoms with E-state index in [0.717, 1.165) is 11.3 Å². The van der Waals surface area contributed by atoms with Crippen LogP contribution < -0.4 is 0 Å². The van der Waals surface area contributed by atoms with Crippen molar-refractivity contribution in [3.05, 3.63) is 0 Å². The first-order chi connectivity index (χ1) is 5.38. The van der Waals surface area contributed by atoms with E-state index in [4.69, 9.17) is 0 Å². The molecule has 0 heterocycles. The quantitative estimate of drug-likeness (QED) is 0.496. The lowest BCUT2D eigenvalue weighted by Gasteiger charge is -2.54. The molecule has 0 saturated heterocycles. The van der Waals surface area contributed by atoms with Crippen molar-refractivity contribution in [1.82, 2.24) is 0 Å². The van der Waals surface area contributed by atoms with Gasteiger partial charge in [-0.15, -0.1) is 0 Å². The van der Waals surface area contributed by atoms with Crippen molar-refractivity contribution in [3.8, 4) is 0 Å². The van der Waals surface area contributed by atoms with Crippen molar-refractivity contribution in [2.24, 2.45) is 17.3 Å². The average Bonchev–Trinajstić information content (AvgIpc) is 2.05. The van der Waals surface area contributed by atoms with E-state index in [-0.39, 0.29) is 0 Å². The summed E-state index contributed by atoms with van der Waals surface area (Å²) in [5.41, 5.74) is 0.887. The first-order valence-electron chi connectivity index (χ1n) is 5.38. The molecule has 0 aromatic rings. The maximum absolute atomic E-state index is 1.62. The summed E-state index contributed by atoms with van der Waals surface area (Å²) in [6, 6.07) is 0. The summed E-state index contributed by atoms with van der Waals surface area (Å²) >= 11 is 0. The highest BCUT2D eigenvalue weighted by molar-refractivity contribution is 4.98. The Morgan fingerprint density at radius 1 is 0.818 bits per heavy atom. The molecule has 0 radical (unpaired) electrons. The molecule has 4 rings (SSSR count). The zero-order chi connectivity index (χ0) is 7.31. The summed E-state index contributed by atoms with van der Waals surface area (Å²) in [5.74, 6) is 2.34. The fourth-order valence-corrected chi connectivity index (χ4v) is 4.08. The molecule has 11 heavy (non-hydrogen) atoms. The summed E-state index contributed by atoms with van der Waals surface area (Å²) in [7, 11) is 0. The van der Waals surface area contributed by atoms with Gasteiger partial charge in [-0.3, -0.25) is 0 Å². The first-order valence-corrected chi connectivity index (χ1v) is 5.38. The van der Waals surface area contributed by atoms with Crippen LogP contribution in [0.3, 0.4) is 0 Å². The van der Waals surface area contributed by atoms with Crippen LogP contribution in [0.15, 0.2) is 0 Å². The van der Waals surface area contributed by atoms with E-state index in [9.17, 15) is 0 Å². The van der Waals surface area contributed by atoms with E-state index in [1.807, 2.05) is 0 Å². The molecule has 3 bridgehead atoms. The molecule has 62 valence electrons. The molecule has 1 spiro atoms. The van der Waals surface area contributed by atoms with Crippen LogP contribution >= 0.6 is 0 Å². The lowest BCUT2D eigenvalue weighted by atomic mass is 9.51. The fourth-order valence-electron chi connectivity index (χ4n) is 4.08. The Balaban J connectivity index is 1.94. The van der Waals surface area contributed by atoms with E-state index in [1.165, 1.54) is 5.92 Å². The van der Waals surface area contributed by atoms with Gasteiger partial charge in [0.15, 0.2) is 0 Å². The third-order valence-electron chi connectivity index (χ3n) is 4.73. The largest absolute Gasteiger partial charge is 0.0525 e. The zero-order valence-corrected chi connectivity index (χ0v) is 7.31. The molecule has 0 aromatic heterocycles. The average molecular weight is 150 g/mol. The van der Waals surface area contributed by atoms with Crippen LogP contribution in [0.5, 0.6) is 0 Å². The third-order valence-corrected chi connectivity index (χ3v) is 4.73. The Hall–Kier alpha value is 0. The maximum atomic E-state index is 1.62. The second kappa shape index (κ2) is 2.02. The Morgan fingerprint density at radius 2 is 1.64 bits per heavy atom. The lowest BCUT2D eigenvalue weighted by Crippen LogP contribution is -2.42. The van der Waals surface area contributed by atoms with Crippen molar-refractivity contribution < 1.29 is 0 Å². The fraction of sp³-hybridized carbons (Fsp3) is 1.00. The number of hydrogen-bond acceptors (Lipinski definition) is 0. The summed E-state index contributed by atoms with van der Waals surface area (Å²) in [6.45, 7) is 0. The Labute approximate surface area is 69.4 Å². The van der Waals surface area contributed by atoms with Crippen LogP contribution in [-0.2, 0) is 0 Å². The highest BCUT2D eigenvalue weighted by Gasteiger charge is 2.47. The smallest absolute Gasteiger partial charge is 0.0295 e. The van der Waals surface area contributed by atoms with Gasteiger partial charge >= 0.3 is 0 Å². The van der Waals surface area contributed by atoms with Gasteiger partial charge in [0.1, 0.15) is 0 Å². The van der Waals surface area contributed by atoms with Crippen LogP contribution in [-0.4, -0.2) is 0 Å². The highest BCUT2D eigenvalue weighted by atomic mass is 14.5. The van der Waals surface area contributed by atoms with Crippen LogP contribution in [0.25, 0.3) is 0 Å². The van der Waals surface area contributed by atoms with Gasteiger partial charge in [-0.05, 0) is 55.8 Å². The van der Waals surface area contributed by atoms with Crippen molar-refractivity contribution >= 4 is 0 Å². The molecular formula is C11H18. The van der Waals surface area contributed by atoms with Gasteiger partial charge in [-0.1, -0.05) is 12.8 Å². The summed E-state index contributed by atoms with van der Waals surface area (Å²) in [4.78, 5) is 0. The summed E-state index contributed by atoms with van der Waals surface area (Å²) in [5, 5.41) is 0. The topological polar surface area (TPSA) is 0 Å². The molecule has 0 heteroatoms. The van der Waals surface area contributed by atoms with Gasteiger partial charge in [0.25, 0.3) is 0 Å². The van der Waals surface area contributed by atoms with Gasteiger partial charge in [0.2, 0.25) is 0 Å². The molecule has 4 aliphatic carbocycles. The Morgan fingerprint density at radius 3 is 2.27 bits per heavy atom. The molecular weight excluding hydrogens is 132 g/mol. The second-order valence-electron chi connectivity index (χ2n) is 5.19. The summed E-state index contributed by atoms with van der Waals surface area (Å²) in [6.07, 6.45) is 12.7. The first kappa shape index (κ1) is 6.51. The SMILES string of the molecule is C1CC2CC3(C1)CCC2CC3. The molecule has 0 aliphatic heterocycles. The van der Waals surface area contributed by atoms with E-state index in [0.29, 0.717) is 0 Å². The lowest BCUT2D eigenvalue weighted by molar-refractivity contribution is -0.0301. The molecule has 0 amide bonds. The molecule has 0 nitrogen and oxygen atoms in total. The number of fused-ring (bicyclic) bond motifs is 2. The van der Waals surface area contributed by atoms with Crippen molar-refractivity contribution in [3.63, 3.8) is 0 Å². The van der Waals surface area contributed by atoms with Crippen LogP contribution in [0, 0.1) is 17.3 Å². The molecule has 0 aromatic carbocycles. The van der Waals surface area contributed by atoms with Crippen LogP contribution in [0.2, 0.25) is 0 Å². The van der Waals surface area contributed by atoms with Crippen LogP contribution in [0.4, 0.5) is 0 Å². The van der Waals surface area contributed by atoms with Gasteiger partial charge in [0.05, 0.1) is 0 Å². The minimum absolute atomic E-state index is 0.887. The van der Waals surface area contributed by atoms with E-state index >= 15 is 0 Å². The molecule has 4 fully saturated rings. The predicted molar refractivity (Wildman–Crippen MR) is 46.3 cm³/mol. The number of rotatable bonds is 0. The standard InChI is InChI=1S/C11H18/c1-2-10-8-11(5-1)6-3-9(10)4-7-11/h9-10H,1-8H2. The van der Waals surface area contributed by atoms with Crippen molar-refractivity contribution in [2.75, 3.05) is 0 Å². The minimum Gasteiger partial charge on any atom is -0.0525 e. The second-order valence-corrected chi connectivity index (χ2v) is 5.19. The summed E-state index contributed by atoms with van der Waals surface area (Å²) < 4.78 is 0. The molecule has 4 saturated carbocycles. The van der Waals surface area contributed by atoms with Crippen molar-refractivity contribution in [2.45, 2.75) is 51.4 Å². The molecule has 1 atom stereocenters. The van der Waals surface area contributed by atoms with Gasteiger partial charge in [0, 0.05) is 0 Å². The predicted octanol–water partition coefficient (Wildman–Crippen LogP) is 3.37. The molecule has 1 unspecified atom stereocenters. The van der Waals surface area contributed by atoms with Crippen LogP contribution in [0.1, 0.15) is 51.4 Å². The molecule has 0 N–H and O–H groups in total. The van der Waals surface area contributed by atoms with Gasteiger partial charge < -0.3 is 0 Å². The molecule has 4 aliphatic rings. The minimum atomic E-state index is 0.887.